The largest absolute Gasteiger partial charge is 0.460 e. The lowest BCUT2D eigenvalue weighted by Gasteiger charge is -2.27. The average molecular weight is 575 g/mol. The number of anilines is 2. The first kappa shape index (κ1) is 27.8. The summed E-state index contributed by atoms with van der Waals surface area (Å²) >= 11 is 12.9. The molecule has 0 spiro atoms. The zero-order valence-electron chi connectivity index (χ0n) is 21.2. The number of benzene rings is 3. The van der Waals surface area contributed by atoms with Crippen molar-refractivity contribution in [1.82, 2.24) is 0 Å². The highest BCUT2D eigenvalue weighted by molar-refractivity contribution is 7.92. The molecule has 3 aromatic carbocycles. The Morgan fingerprint density at radius 2 is 1.79 bits per heavy atom. The number of nitrogens with zero attached hydrogens (tertiary/aromatic N) is 2. The van der Waals surface area contributed by atoms with Crippen LogP contribution in [0, 0.1) is 13.8 Å². The second-order valence-corrected chi connectivity index (χ2v) is 11.2. The van der Waals surface area contributed by atoms with E-state index in [9.17, 15) is 13.2 Å². The van der Waals surface area contributed by atoms with Crippen LogP contribution in [-0.4, -0.2) is 27.5 Å². The predicted octanol–water partition coefficient (Wildman–Crippen LogP) is 7.13. The van der Waals surface area contributed by atoms with Crippen molar-refractivity contribution in [1.29, 1.82) is 0 Å². The summed E-state index contributed by atoms with van der Waals surface area (Å²) in [5, 5.41) is 0.965. The van der Waals surface area contributed by atoms with E-state index in [4.69, 9.17) is 32.5 Å². The fraction of sp³-hybridized carbons (Fsp3) is 0.214. The van der Waals surface area contributed by atoms with E-state index in [2.05, 4.69) is 6.92 Å². The molecule has 0 amide bonds. The molecule has 0 bridgehead atoms. The molecule has 0 saturated heterocycles. The summed E-state index contributed by atoms with van der Waals surface area (Å²) in [6.07, 6.45) is 0. The number of para-hydroxylation sites is 1. The SMILES string of the molecule is [CH2]c1ccccc1N(Cl)Cc1cc(Cl)ccc1N(CC)S(=O)(=O)c1ccc2oc(C(=O)OCC)c(C)c2c1. The van der Waals surface area contributed by atoms with Crippen LogP contribution in [0.2, 0.25) is 5.02 Å². The number of halogens is 2. The van der Waals surface area contributed by atoms with Crippen LogP contribution in [-0.2, 0) is 21.3 Å². The Morgan fingerprint density at radius 3 is 2.47 bits per heavy atom. The van der Waals surface area contributed by atoms with Gasteiger partial charge in [0, 0.05) is 34.3 Å². The first-order valence-electron chi connectivity index (χ1n) is 11.9. The van der Waals surface area contributed by atoms with Crippen LogP contribution < -0.4 is 8.72 Å². The first-order chi connectivity index (χ1) is 18.1. The Balaban J connectivity index is 1.75. The van der Waals surface area contributed by atoms with Gasteiger partial charge in [-0.25, -0.2) is 13.2 Å². The van der Waals surface area contributed by atoms with E-state index >= 15 is 0 Å². The third-order valence-electron chi connectivity index (χ3n) is 6.12. The lowest BCUT2D eigenvalue weighted by molar-refractivity contribution is 0.0491. The van der Waals surface area contributed by atoms with E-state index < -0.39 is 16.0 Å². The molecule has 4 aromatic rings. The number of esters is 1. The highest BCUT2D eigenvalue weighted by Gasteiger charge is 2.28. The molecule has 0 aliphatic heterocycles. The minimum atomic E-state index is -4.02. The molecule has 0 fully saturated rings. The fourth-order valence-corrected chi connectivity index (χ4v) is 6.28. The number of rotatable bonds is 9. The quantitative estimate of drug-likeness (QED) is 0.156. The molecule has 4 rings (SSSR count). The fourth-order valence-electron chi connectivity index (χ4n) is 4.26. The number of aryl methyl sites for hydroxylation is 1. The zero-order chi connectivity index (χ0) is 27.6. The van der Waals surface area contributed by atoms with Gasteiger partial charge >= 0.3 is 5.97 Å². The van der Waals surface area contributed by atoms with Gasteiger partial charge in [0.2, 0.25) is 5.76 Å². The maximum atomic E-state index is 13.9. The number of fused-ring (bicyclic) bond motifs is 1. The summed E-state index contributed by atoms with van der Waals surface area (Å²) in [7, 11) is -4.02. The molecular weight excluding hydrogens is 547 g/mol. The summed E-state index contributed by atoms with van der Waals surface area (Å²) in [4.78, 5) is 12.3. The number of hydrogen-bond acceptors (Lipinski definition) is 6. The molecule has 0 saturated carbocycles. The molecule has 7 nitrogen and oxygen atoms in total. The minimum absolute atomic E-state index is 0.0524. The number of furan rings is 1. The second kappa shape index (κ2) is 11.3. The molecule has 1 aromatic heterocycles. The Kier molecular flexibility index (Phi) is 8.25. The average Bonchev–Trinajstić information content (AvgIpc) is 3.22. The number of sulfonamides is 1. The molecule has 0 aliphatic rings. The van der Waals surface area contributed by atoms with Crippen LogP contribution in [0.1, 0.15) is 41.1 Å². The third-order valence-corrected chi connectivity index (χ3v) is 8.54. The van der Waals surface area contributed by atoms with Crippen LogP contribution in [0.25, 0.3) is 11.0 Å². The van der Waals surface area contributed by atoms with Gasteiger partial charge in [-0.2, -0.15) is 0 Å². The third kappa shape index (κ3) is 5.34. The first-order valence-corrected chi connectivity index (χ1v) is 14.1. The molecule has 0 unspecified atom stereocenters. The van der Waals surface area contributed by atoms with E-state index in [1.807, 2.05) is 24.3 Å². The summed E-state index contributed by atoms with van der Waals surface area (Å²) in [6.45, 7) is 9.69. The summed E-state index contributed by atoms with van der Waals surface area (Å²) in [6, 6.07) is 16.9. The van der Waals surface area contributed by atoms with Gasteiger partial charge < -0.3 is 9.15 Å². The van der Waals surface area contributed by atoms with E-state index in [1.165, 1.54) is 20.9 Å². The van der Waals surface area contributed by atoms with Gasteiger partial charge in [-0.3, -0.25) is 8.72 Å². The maximum Gasteiger partial charge on any atom is 0.374 e. The van der Waals surface area contributed by atoms with Gasteiger partial charge in [0.25, 0.3) is 10.0 Å². The Labute approximate surface area is 232 Å². The molecule has 1 heterocycles. The number of carbonyl (C=O) groups excluding carboxylic acids is 1. The Morgan fingerprint density at radius 1 is 1.05 bits per heavy atom. The lowest BCUT2D eigenvalue weighted by atomic mass is 10.1. The minimum Gasteiger partial charge on any atom is -0.460 e. The van der Waals surface area contributed by atoms with Gasteiger partial charge in [-0.1, -0.05) is 29.8 Å². The molecular formula is C28H27Cl2N2O5S. The standard InChI is InChI=1S/C28H27Cl2N2O5S/c1-5-32(25-13-11-21(29)15-20(25)17-31(30)24-10-8-7-9-18(24)3)38(34,35)22-12-14-26-23(16-22)19(4)27(37-26)28(33)36-6-2/h7-16H,3,5-6,17H2,1-2,4H3. The predicted molar refractivity (Wildman–Crippen MR) is 152 cm³/mol. The van der Waals surface area contributed by atoms with Crippen molar-refractivity contribution >= 4 is 61.7 Å². The van der Waals surface area contributed by atoms with Crippen LogP contribution >= 0.6 is 23.4 Å². The number of carbonyl (C=O) groups is 1. The van der Waals surface area contributed by atoms with Crippen LogP contribution in [0.3, 0.4) is 0 Å². The van der Waals surface area contributed by atoms with Gasteiger partial charge in [0.1, 0.15) is 5.58 Å². The number of ether oxygens (including phenoxy) is 1. The van der Waals surface area contributed by atoms with Crippen molar-refractivity contribution in [2.45, 2.75) is 32.2 Å². The van der Waals surface area contributed by atoms with Crippen molar-refractivity contribution in [3.8, 4) is 0 Å². The van der Waals surface area contributed by atoms with Crippen LogP contribution in [0.15, 0.2) is 70.0 Å². The molecule has 0 N–H and O–H groups in total. The Bertz CT molecular complexity index is 1600. The highest BCUT2D eigenvalue weighted by atomic mass is 35.5. The van der Waals surface area contributed by atoms with Crippen molar-refractivity contribution in [3.63, 3.8) is 0 Å². The summed E-state index contributed by atoms with van der Waals surface area (Å²) in [5.74, 6) is -0.544. The van der Waals surface area contributed by atoms with Gasteiger partial charge in [0.05, 0.1) is 29.4 Å². The van der Waals surface area contributed by atoms with E-state index in [1.54, 1.807) is 45.0 Å². The molecule has 0 aliphatic carbocycles. The molecule has 199 valence electrons. The van der Waals surface area contributed by atoms with Crippen LogP contribution in [0.5, 0.6) is 0 Å². The van der Waals surface area contributed by atoms with Crippen LogP contribution in [0.4, 0.5) is 11.4 Å². The topological polar surface area (TPSA) is 80.1 Å². The zero-order valence-corrected chi connectivity index (χ0v) is 23.5. The number of hydrogen-bond donors (Lipinski definition) is 0. The smallest absolute Gasteiger partial charge is 0.374 e. The monoisotopic (exact) mass is 573 g/mol. The molecule has 0 atom stereocenters. The van der Waals surface area contributed by atoms with Crippen molar-refractivity contribution < 1.29 is 22.4 Å². The maximum absolute atomic E-state index is 13.9. The van der Waals surface area contributed by atoms with E-state index in [0.717, 1.165) is 5.56 Å². The summed E-state index contributed by atoms with van der Waals surface area (Å²) in [5.41, 5.74) is 3.40. The van der Waals surface area contributed by atoms with Gasteiger partial charge in [-0.05, 0) is 81.3 Å². The molecule has 10 heteroatoms. The van der Waals surface area contributed by atoms with Crippen molar-refractivity contribution in [2.75, 3.05) is 21.9 Å². The van der Waals surface area contributed by atoms with E-state index in [0.29, 0.717) is 38.5 Å². The lowest BCUT2D eigenvalue weighted by Crippen LogP contribution is -2.32. The summed E-state index contributed by atoms with van der Waals surface area (Å²) < 4.78 is 41.3. The van der Waals surface area contributed by atoms with Gasteiger partial charge in [-0.15, -0.1) is 0 Å². The van der Waals surface area contributed by atoms with Crippen molar-refractivity contribution in [3.05, 3.63) is 95.1 Å². The van der Waals surface area contributed by atoms with Gasteiger partial charge in [0.15, 0.2) is 0 Å². The highest BCUT2D eigenvalue weighted by Crippen LogP contribution is 2.34. The Hall–Kier alpha value is -3.20. The molecule has 38 heavy (non-hydrogen) atoms. The normalized spacial score (nSPS) is 11.5. The van der Waals surface area contributed by atoms with E-state index in [-0.39, 0.29) is 30.4 Å². The second-order valence-electron chi connectivity index (χ2n) is 8.53. The molecule has 1 radical (unpaired) electrons. The van der Waals surface area contributed by atoms with Crippen molar-refractivity contribution in [2.24, 2.45) is 0 Å².